The van der Waals surface area contributed by atoms with Crippen molar-refractivity contribution in [2.45, 2.75) is 6.92 Å². The Bertz CT molecular complexity index is 990. The Labute approximate surface area is 151 Å². The first-order valence-corrected chi connectivity index (χ1v) is 8.32. The summed E-state index contributed by atoms with van der Waals surface area (Å²) in [6.45, 7) is 1.68. The lowest BCUT2D eigenvalue weighted by Crippen LogP contribution is -1.89. The van der Waals surface area contributed by atoms with E-state index < -0.39 is 0 Å². The van der Waals surface area contributed by atoms with Crippen LogP contribution in [0.5, 0.6) is 0 Å². The summed E-state index contributed by atoms with van der Waals surface area (Å²) < 4.78 is 13.0. The minimum absolute atomic E-state index is 0.246. The smallest absolute Gasteiger partial charge is 0.159 e. The van der Waals surface area contributed by atoms with Gasteiger partial charge in [0.05, 0.1) is 11.4 Å². The fourth-order valence-electron chi connectivity index (χ4n) is 2.65. The number of hydrogen-bond acceptors (Lipinski definition) is 3. The highest BCUT2D eigenvalue weighted by Gasteiger charge is 2.15. The summed E-state index contributed by atoms with van der Waals surface area (Å²) in [7, 11) is 0. The molecular weight excluding hydrogens is 325 g/mol. The van der Waals surface area contributed by atoms with Gasteiger partial charge < -0.3 is 0 Å². The molecule has 1 aromatic carbocycles. The molecule has 0 saturated heterocycles. The van der Waals surface area contributed by atoms with Crippen LogP contribution in [0.3, 0.4) is 0 Å². The Morgan fingerprint density at radius 1 is 0.692 bits per heavy atom. The van der Waals surface area contributed by atoms with Crippen LogP contribution in [0.15, 0.2) is 79.1 Å². The van der Waals surface area contributed by atoms with Gasteiger partial charge in [0.15, 0.2) is 5.82 Å². The van der Waals surface area contributed by atoms with Crippen LogP contribution in [-0.2, 0) is 0 Å². The van der Waals surface area contributed by atoms with Crippen molar-refractivity contribution in [1.82, 2.24) is 15.0 Å². The molecule has 26 heavy (non-hydrogen) atoms. The number of pyridine rings is 1. The highest BCUT2D eigenvalue weighted by molar-refractivity contribution is 5.88. The molecule has 2 aromatic heterocycles. The van der Waals surface area contributed by atoms with Crippen molar-refractivity contribution in [2.24, 2.45) is 0 Å². The van der Waals surface area contributed by atoms with Gasteiger partial charge in [0.1, 0.15) is 5.82 Å². The van der Waals surface area contributed by atoms with Crippen molar-refractivity contribution in [1.29, 1.82) is 0 Å². The summed E-state index contributed by atoms with van der Waals surface area (Å²) in [5.41, 5.74) is 6.01. The first kappa shape index (κ1) is 16.1. The summed E-state index contributed by atoms with van der Waals surface area (Å²) in [6, 6.07) is 21.2. The second-order valence-electron chi connectivity index (χ2n) is 6.00. The van der Waals surface area contributed by atoms with Gasteiger partial charge in [-0.05, 0) is 54.4 Å². The molecule has 0 fully saturated rings. The molecule has 0 radical (unpaired) electrons. The van der Waals surface area contributed by atoms with Gasteiger partial charge in [0, 0.05) is 23.5 Å². The zero-order valence-electron chi connectivity index (χ0n) is 14.2. The Morgan fingerprint density at radius 2 is 1.35 bits per heavy atom. The second kappa shape index (κ2) is 6.84. The number of nitrogens with zero attached hydrogens (tertiary/aromatic N) is 3. The van der Waals surface area contributed by atoms with E-state index in [1.807, 2.05) is 36.4 Å². The molecule has 4 heteroatoms. The maximum atomic E-state index is 13.0. The van der Waals surface area contributed by atoms with E-state index in [0.29, 0.717) is 5.69 Å². The third kappa shape index (κ3) is 3.49. The molecule has 126 valence electrons. The maximum Gasteiger partial charge on any atom is 0.159 e. The van der Waals surface area contributed by atoms with Crippen LogP contribution in [0.4, 0.5) is 4.39 Å². The molecule has 5 rings (SSSR count). The highest BCUT2D eigenvalue weighted by Crippen LogP contribution is 2.39. The highest BCUT2D eigenvalue weighted by atomic mass is 19.1. The number of rotatable bonds is 2. The van der Waals surface area contributed by atoms with Crippen LogP contribution in [-0.4, -0.2) is 15.0 Å². The monoisotopic (exact) mass is 341 g/mol. The van der Waals surface area contributed by atoms with Crippen molar-refractivity contribution in [3.05, 3.63) is 90.6 Å². The van der Waals surface area contributed by atoms with Crippen molar-refractivity contribution < 1.29 is 4.39 Å². The molecule has 2 heterocycles. The van der Waals surface area contributed by atoms with Crippen molar-refractivity contribution in [3.63, 3.8) is 0 Å². The molecule has 0 atom stereocenters. The Hall–Kier alpha value is -3.40. The third-order valence-electron chi connectivity index (χ3n) is 4.10. The molecule has 0 spiro atoms. The van der Waals surface area contributed by atoms with Gasteiger partial charge in [-0.3, -0.25) is 4.98 Å². The first-order valence-electron chi connectivity index (χ1n) is 8.32. The van der Waals surface area contributed by atoms with E-state index in [4.69, 9.17) is 0 Å². The Kier molecular flexibility index (Phi) is 4.23. The predicted molar refractivity (Wildman–Crippen MR) is 101 cm³/mol. The van der Waals surface area contributed by atoms with Gasteiger partial charge in [-0.2, -0.15) is 0 Å². The molecule has 2 aliphatic carbocycles. The predicted octanol–water partition coefficient (Wildman–Crippen LogP) is 5.32. The fraction of sp³-hybridized carbons (Fsp3) is 0.0455. The normalized spacial score (nSPS) is 10.7. The number of benzene rings is 2. The summed E-state index contributed by atoms with van der Waals surface area (Å²) in [6.07, 6.45) is 3.49. The van der Waals surface area contributed by atoms with Crippen molar-refractivity contribution in [2.75, 3.05) is 0 Å². The van der Waals surface area contributed by atoms with Crippen LogP contribution in [0, 0.1) is 12.7 Å². The SMILES string of the molecule is Cc1nc(-c2cc3cc-3c2)ccc1F.c1ccc(-c2ncccn2)cc1. The number of aryl methyl sites for hydroxylation is 1. The quantitative estimate of drug-likeness (QED) is 0.436. The van der Waals surface area contributed by atoms with Crippen LogP contribution < -0.4 is 0 Å². The molecule has 0 amide bonds. The van der Waals surface area contributed by atoms with E-state index in [9.17, 15) is 4.39 Å². The Balaban J connectivity index is 0.000000131. The van der Waals surface area contributed by atoms with Gasteiger partial charge >= 0.3 is 0 Å². The minimum Gasteiger partial charge on any atom is -0.250 e. The number of halogens is 1. The summed E-state index contributed by atoms with van der Waals surface area (Å²) in [5, 5.41) is 0. The zero-order chi connectivity index (χ0) is 17.9. The maximum absolute atomic E-state index is 13.0. The Morgan fingerprint density at radius 3 is 2.00 bits per heavy atom. The van der Waals surface area contributed by atoms with Gasteiger partial charge in [-0.15, -0.1) is 0 Å². The summed E-state index contributed by atoms with van der Waals surface area (Å²) in [5.74, 6) is 0.530. The lowest BCUT2D eigenvalue weighted by atomic mass is 10.2. The van der Waals surface area contributed by atoms with E-state index >= 15 is 0 Å². The first-order chi connectivity index (χ1) is 12.7. The van der Waals surface area contributed by atoms with E-state index in [1.165, 1.54) is 17.2 Å². The van der Waals surface area contributed by atoms with Crippen LogP contribution >= 0.6 is 0 Å². The van der Waals surface area contributed by atoms with Gasteiger partial charge in [0.25, 0.3) is 0 Å². The van der Waals surface area contributed by atoms with Crippen LogP contribution in [0.1, 0.15) is 5.69 Å². The molecule has 2 aliphatic rings. The largest absolute Gasteiger partial charge is 0.250 e. The van der Waals surface area contributed by atoms with Crippen molar-refractivity contribution in [3.8, 4) is 33.8 Å². The van der Waals surface area contributed by atoms with Gasteiger partial charge in [-0.25, -0.2) is 14.4 Å². The minimum atomic E-state index is -0.246. The number of hydrogen-bond donors (Lipinski definition) is 0. The lowest BCUT2D eigenvalue weighted by Gasteiger charge is -1.99. The summed E-state index contributed by atoms with van der Waals surface area (Å²) in [4.78, 5) is 12.5. The molecule has 0 saturated carbocycles. The molecule has 0 bridgehead atoms. The van der Waals surface area contributed by atoms with E-state index in [0.717, 1.165) is 22.6 Å². The van der Waals surface area contributed by atoms with E-state index in [1.54, 1.807) is 25.4 Å². The number of fused-ring (bicyclic) bond motifs is 1. The van der Waals surface area contributed by atoms with Crippen molar-refractivity contribution >= 4 is 0 Å². The number of aromatic nitrogens is 3. The summed E-state index contributed by atoms with van der Waals surface area (Å²) >= 11 is 0. The molecule has 0 N–H and O–H groups in total. The second-order valence-corrected chi connectivity index (χ2v) is 6.00. The average molecular weight is 341 g/mol. The molecule has 3 nitrogen and oxygen atoms in total. The van der Waals surface area contributed by atoms with Crippen LogP contribution in [0.2, 0.25) is 0 Å². The van der Waals surface area contributed by atoms with Crippen LogP contribution in [0.25, 0.3) is 33.8 Å². The zero-order valence-corrected chi connectivity index (χ0v) is 14.2. The topological polar surface area (TPSA) is 38.7 Å². The van der Waals surface area contributed by atoms with E-state index in [2.05, 4.69) is 33.2 Å². The molecule has 0 unspecified atom stereocenters. The standard InChI is InChI=1S/C12H8FN.C10H8N2/c1-7-11(13)2-3-12(14-7)10-5-8-4-9(8)6-10;1-2-5-9(6-3-1)10-11-7-4-8-12-10/h2-6H,1H3;1-8H. The molecular formula is C22H16FN3. The fourth-order valence-corrected chi connectivity index (χ4v) is 2.65. The molecule has 3 aromatic rings. The van der Waals surface area contributed by atoms with E-state index in [-0.39, 0.29) is 5.82 Å². The average Bonchev–Trinajstić information content (AvgIpc) is 3.31. The lowest BCUT2D eigenvalue weighted by molar-refractivity contribution is 0.610. The molecule has 0 aliphatic heterocycles. The van der Waals surface area contributed by atoms with Gasteiger partial charge in [-0.1, -0.05) is 30.3 Å². The van der Waals surface area contributed by atoms with Gasteiger partial charge in [0.2, 0.25) is 0 Å². The third-order valence-corrected chi connectivity index (χ3v) is 4.10.